The van der Waals surface area contributed by atoms with Gasteiger partial charge in [0.25, 0.3) is 0 Å². The van der Waals surface area contributed by atoms with Crippen LogP contribution < -0.4 is 14.9 Å². The number of thiazole rings is 1. The van der Waals surface area contributed by atoms with Gasteiger partial charge in [-0.2, -0.15) is 5.10 Å². The molecule has 0 fully saturated rings. The summed E-state index contributed by atoms with van der Waals surface area (Å²) in [7, 11) is 0. The number of aryl methyl sites for hydroxylation is 1. The number of hydrogen-bond donors (Lipinski definition) is 1. The van der Waals surface area contributed by atoms with Gasteiger partial charge < -0.3 is 9.47 Å². The average molecular weight is 410 g/mol. The lowest BCUT2D eigenvalue weighted by Gasteiger charge is -2.12. The molecule has 6 heteroatoms. The van der Waals surface area contributed by atoms with Crippen molar-refractivity contribution in [2.45, 2.75) is 33.6 Å². The Balaban J connectivity index is 1.63. The fraction of sp³-hybridized carbons (Fsp3) is 0.304. The number of ether oxygens (including phenoxy) is 2. The van der Waals surface area contributed by atoms with Crippen molar-refractivity contribution in [1.29, 1.82) is 0 Å². The molecule has 5 nitrogen and oxygen atoms in total. The van der Waals surface area contributed by atoms with Gasteiger partial charge in [-0.05, 0) is 44.0 Å². The molecule has 0 aliphatic carbocycles. The van der Waals surface area contributed by atoms with Crippen molar-refractivity contribution in [3.05, 3.63) is 59.0 Å². The lowest BCUT2D eigenvalue weighted by atomic mass is 10.1. The van der Waals surface area contributed by atoms with E-state index in [9.17, 15) is 0 Å². The topological polar surface area (TPSA) is 55.7 Å². The van der Waals surface area contributed by atoms with Crippen LogP contribution in [0.3, 0.4) is 0 Å². The summed E-state index contributed by atoms with van der Waals surface area (Å²) in [6.45, 7) is 7.47. The van der Waals surface area contributed by atoms with Crippen LogP contribution in [0.5, 0.6) is 11.5 Å². The Morgan fingerprint density at radius 3 is 2.66 bits per heavy atom. The van der Waals surface area contributed by atoms with Gasteiger partial charge in [-0.15, -0.1) is 11.3 Å². The van der Waals surface area contributed by atoms with Crippen molar-refractivity contribution in [2.24, 2.45) is 5.10 Å². The zero-order valence-corrected chi connectivity index (χ0v) is 18.0. The quantitative estimate of drug-likeness (QED) is 0.248. The van der Waals surface area contributed by atoms with Gasteiger partial charge in [0.2, 0.25) is 5.13 Å². The highest BCUT2D eigenvalue weighted by Gasteiger charge is 2.06. The average Bonchev–Trinajstić information content (AvgIpc) is 3.19. The maximum absolute atomic E-state index is 5.82. The minimum atomic E-state index is 0.587. The van der Waals surface area contributed by atoms with Crippen molar-refractivity contribution < 1.29 is 9.47 Å². The number of rotatable bonds is 10. The van der Waals surface area contributed by atoms with Gasteiger partial charge >= 0.3 is 0 Å². The standard InChI is InChI=1S/C23H27N3O2S/c1-4-6-13-28-21-12-9-18(14-22(21)27-5-2)15-24-26-23-25-20(16-29-23)19-10-7-17(3)8-11-19/h7-12,14-16H,4-6,13H2,1-3H3,(H,25,26)/b24-15-. The molecule has 0 unspecified atom stereocenters. The second-order valence-corrected chi connectivity index (χ2v) is 7.47. The normalized spacial score (nSPS) is 11.0. The first-order valence-electron chi connectivity index (χ1n) is 9.91. The number of hydrazone groups is 1. The SMILES string of the molecule is CCCCOc1ccc(/C=N\Nc2nc(-c3ccc(C)cc3)cs2)cc1OCC. The Bertz CT molecular complexity index is 936. The molecule has 0 saturated heterocycles. The van der Waals surface area contributed by atoms with Gasteiger partial charge in [-0.3, -0.25) is 5.43 Å². The molecule has 0 radical (unpaired) electrons. The first kappa shape index (κ1) is 20.9. The van der Waals surface area contributed by atoms with Gasteiger partial charge in [0.1, 0.15) is 0 Å². The highest BCUT2D eigenvalue weighted by Crippen LogP contribution is 2.28. The molecule has 0 bridgehead atoms. The summed E-state index contributed by atoms with van der Waals surface area (Å²) in [5.41, 5.74) is 7.22. The summed E-state index contributed by atoms with van der Waals surface area (Å²) in [6, 6.07) is 14.2. The maximum Gasteiger partial charge on any atom is 0.203 e. The Kier molecular flexibility index (Phi) is 7.64. The van der Waals surface area contributed by atoms with E-state index in [0.29, 0.717) is 13.2 Å². The summed E-state index contributed by atoms with van der Waals surface area (Å²) in [4.78, 5) is 4.59. The van der Waals surface area contributed by atoms with Crippen LogP contribution in [0.1, 0.15) is 37.8 Å². The van der Waals surface area contributed by atoms with Gasteiger partial charge in [0.15, 0.2) is 11.5 Å². The minimum Gasteiger partial charge on any atom is -0.490 e. The Morgan fingerprint density at radius 2 is 1.90 bits per heavy atom. The van der Waals surface area contributed by atoms with E-state index in [-0.39, 0.29) is 0 Å². The number of benzene rings is 2. The van der Waals surface area contributed by atoms with E-state index in [1.54, 1.807) is 6.21 Å². The van der Waals surface area contributed by atoms with E-state index in [4.69, 9.17) is 9.47 Å². The number of unbranched alkanes of at least 4 members (excludes halogenated alkanes) is 1. The third-order valence-corrected chi connectivity index (χ3v) is 5.00. The van der Waals surface area contributed by atoms with Gasteiger partial charge in [-0.1, -0.05) is 43.2 Å². The summed E-state index contributed by atoms with van der Waals surface area (Å²) in [6.07, 6.45) is 3.88. The van der Waals surface area contributed by atoms with Crippen LogP contribution in [0.15, 0.2) is 52.9 Å². The lowest BCUT2D eigenvalue weighted by molar-refractivity contribution is 0.272. The number of anilines is 1. The number of nitrogens with zero attached hydrogens (tertiary/aromatic N) is 2. The molecular formula is C23H27N3O2S. The zero-order chi connectivity index (χ0) is 20.5. The molecule has 0 aliphatic heterocycles. The second-order valence-electron chi connectivity index (χ2n) is 6.62. The molecule has 29 heavy (non-hydrogen) atoms. The Morgan fingerprint density at radius 1 is 1.07 bits per heavy atom. The van der Waals surface area contributed by atoms with Crippen LogP contribution in [0.2, 0.25) is 0 Å². The van der Waals surface area contributed by atoms with Crippen LogP contribution in [-0.2, 0) is 0 Å². The molecule has 0 aliphatic rings. The first-order chi connectivity index (χ1) is 14.2. The minimum absolute atomic E-state index is 0.587. The third-order valence-electron chi connectivity index (χ3n) is 4.25. The van der Waals surface area contributed by atoms with E-state index in [1.807, 2.05) is 30.5 Å². The van der Waals surface area contributed by atoms with Crippen LogP contribution in [0, 0.1) is 6.92 Å². The highest BCUT2D eigenvalue weighted by atomic mass is 32.1. The summed E-state index contributed by atoms with van der Waals surface area (Å²) >= 11 is 1.53. The molecule has 0 spiro atoms. The summed E-state index contributed by atoms with van der Waals surface area (Å²) < 4.78 is 11.5. The van der Waals surface area contributed by atoms with Crippen molar-refractivity contribution in [3.63, 3.8) is 0 Å². The summed E-state index contributed by atoms with van der Waals surface area (Å²) in [5, 5.41) is 7.09. The van der Waals surface area contributed by atoms with Crippen LogP contribution in [0.25, 0.3) is 11.3 Å². The van der Waals surface area contributed by atoms with Crippen LogP contribution in [0.4, 0.5) is 5.13 Å². The molecule has 1 heterocycles. The molecule has 2 aromatic carbocycles. The fourth-order valence-electron chi connectivity index (χ4n) is 2.66. The molecule has 1 N–H and O–H groups in total. The molecule has 0 amide bonds. The number of nitrogens with one attached hydrogen (secondary N) is 1. The highest BCUT2D eigenvalue weighted by molar-refractivity contribution is 7.14. The molecule has 0 saturated carbocycles. The van der Waals surface area contributed by atoms with E-state index >= 15 is 0 Å². The third kappa shape index (κ3) is 6.06. The largest absolute Gasteiger partial charge is 0.490 e. The lowest BCUT2D eigenvalue weighted by Crippen LogP contribution is -2.01. The van der Waals surface area contributed by atoms with Crippen LogP contribution in [-0.4, -0.2) is 24.4 Å². The molecule has 3 rings (SSSR count). The van der Waals surface area contributed by atoms with E-state index < -0.39 is 0 Å². The summed E-state index contributed by atoms with van der Waals surface area (Å²) in [5.74, 6) is 1.51. The van der Waals surface area contributed by atoms with Crippen molar-refractivity contribution in [1.82, 2.24) is 4.98 Å². The molecule has 3 aromatic rings. The predicted octanol–water partition coefficient (Wildman–Crippen LogP) is 6.14. The van der Waals surface area contributed by atoms with E-state index in [2.05, 4.69) is 53.6 Å². The molecule has 152 valence electrons. The Labute approximate surface area is 176 Å². The molecule has 0 atom stereocenters. The van der Waals surface area contributed by atoms with Gasteiger partial charge in [0, 0.05) is 10.9 Å². The van der Waals surface area contributed by atoms with Gasteiger partial charge in [0.05, 0.1) is 25.1 Å². The zero-order valence-electron chi connectivity index (χ0n) is 17.1. The van der Waals surface area contributed by atoms with Crippen molar-refractivity contribution in [3.8, 4) is 22.8 Å². The second kappa shape index (κ2) is 10.6. The first-order valence-corrected chi connectivity index (χ1v) is 10.8. The monoisotopic (exact) mass is 409 g/mol. The van der Waals surface area contributed by atoms with Crippen molar-refractivity contribution >= 4 is 22.7 Å². The number of aromatic nitrogens is 1. The predicted molar refractivity (Wildman–Crippen MR) is 122 cm³/mol. The fourth-order valence-corrected chi connectivity index (χ4v) is 3.33. The molecule has 1 aromatic heterocycles. The number of hydrogen-bond acceptors (Lipinski definition) is 6. The Hall–Kier alpha value is -2.86. The smallest absolute Gasteiger partial charge is 0.203 e. The van der Waals surface area contributed by atoms with Crippen molar-refractivity contribution in [2.75, 3.05) is 18.6 Å². The molecular weight excluding hydrogens is 382 g/mol. The van der Waals surface area contributed by atoms with Gasteiger partial charge in [-0.25, -0.2) is 4.98 Å². The van der Waals surface area contributed by atoms with Crippen LogP contribution >= 0.6 is 11.3 Å². The van der Waals surface area contributed by atoms with E-state index in [1.165, 1.54) is 16.9 Å². The van der Waals surface area contributed by atoms with E-state index in [0.717, 1.165) is 46.3 Å². The maximum atomic E-state index is 5.82.